The number of fused-ring (bicyclic) bond motifs is 1. The number of nitrogens with zero attached hydrogens (tertiary/aromatic N) is 1. The van der Waals surface area contributed by atoms with Crippen molar-refractivity contribution in [2.45, 2.75) is 33.2 Å². The molecule has 0 atom stereocenters. The lowest BCUT2D eigenvalue weighted by Gasteiger charge is -2.17. The van der Waals surface area contributed by atoms with Gasteiger partial charge in [0.25, 0.3) is 0 Å². The van der Waals surface area contributed by atoms with Gasteiger partial charge in [-0.2, -0.15) is 0 Å². The van der Waals surface area contributed by atoms with Crippen LogP contribution in [0.15, 0.2) is 23.5 Å². The van der Waals surface area contributed by atoms with Crippen molar-refractivity contribution < 1.29 is 14.6 Å². The highest BCUT2D eigenvalue weighted by Gasteiger charge is 2.32. The quantitative estimate of drug-likeness (QED) is 0.842. The second-order valence-electron chi connectivity index (χ2n) is 5.68. The predicted molar refractivity (Wildman–Crippen MR) is 76.0 cm³/mol. The second-order valence-corrected chi connectivity index (χ2v) is 5.68. The molecule has 1 saturated heterocycles. The van der Waals surface area contributed by atoms with Crippen LogP contribution >= 0.6 is 0 Å². The van der Waals surface area contributed by atoms with Gasteiger partial charge < -0.3 is 9.84 Å². The van der Waals surface area contributed by atoms with Gasteiger partial charge in [0, 0.05) is 6.54 Å². The molecule has 4 nitrogen and oxygen atoms in total. The second kappa shape index (κ2) is 4.94. The van der Waals surface area contributed by atoms with Crippen molar-refractivity contribution in [2.24, 2.45) is 0 Å². The van der Waals surface area contributed by atoms with E-state index >= 15 is 0 Å². The van der Waals surface area contributed by atoms with Crippen LogP contribution in [0.3, 0.4) is 0 Å². The first-order valence-corrected chi connectivity index (χ1v) is 7.05. The Kier molecular flexibility index (Phi) is 3.26. The van der Waals surface area contributed by atoms with Crippen LogP contribution < -0.4 is 4.74 Å². The van der Waals surface area contributed by atoms with Gasteiger partial charge >= 0.3 is 0 Å². The molecule has 0 spiro atoms. The smallest absolute Gasteiger partial charge is 0.231 e. The van der Waals surface area contributed by atoms with E-state index in [0.29, 0.717) is 23.6 Å². The molecule has 2 aliphatic heterocycles. The summed E-state index contributed by atoms with van der Waals surface area (Å²) >= 11 is 0. The SMILES string of the molecule is CC(C)=C1Oc2c(ccc(O)c2CN2CCCC2)C1=O. The first kappa shape index (κ1) is 13.2. The molecule has 1 fully saturated rings. The molecule has 0 unspecified atom stereocenters. The van der Waals surface area contributed by atoms with Crippen LogP contribution in [0.4, 0.5) is 0 Å². The average molecular weight is 273 g/mol. The topological polar surface area (TPSA) is 49.8 Å². The zero-order valence-electron chi connectivity index (χ0n) is 11.9. The molecule has 20 heavy (non-hydrogen) atoms. The highest BCUT2D eigenvalue weighted by molar-refractivity contribution is 6.13. The van der Waals surface area contributed by atoms with Gasteiger partial charge in [-0.05, 0) is 57.5 Å². The fourth-order valence-electron chi connectivity index (χ4n) is 2.83. The lowest BCUT2D eigenvalue weighted by atomic mass is 10.0. The van der Waals surface area contributed by atoms with Gasteiger partial charge in [0.1, 0.15) is 11.5 Å². The summed E-state index contributed by atoms with van der Waals surface area (Å²) in [4.78, 5) is 14.5. The number of ether oxygens (including phenoxy) is 1. The minimum absolute atomic E-state index is 0.0809. The van der Waals surface area contributed by atoms with Gasteiger partial charge in [-0.25, -0.2) is 0 Å². The normalized spacial score (nSPS) is 18.3. The van der Waals surface area contributed by atoms with Crippen LogP contribution in [-0.4, -0.2) is 28.9 Å². The van der Waals surface area contributed by atoms with Crippen LogP contribution in [-0.2, 0) is 6.54 Å². The van der Waals surface area contributed by atoms with E-state index in [0.717, 1.165) is 24.2 Å². The maximum atomic E-state index is 12.3. The lowest BCUT2D eigenvalue weighted by molar-refractivity contribution is 0.101. The average Bonchev–Trinajstić information content (AvgIpc) is 3.01. The van der Waals surface area contributed by atoms with E-state index in [2.05, 4.69) is 4.90 Å². The molecule has 0 saturated carbocycles. The number of hydrogen-bond acceptors (Lipinski definition) is 4. The number of carbonyl (C=O) groups excluding carboxylic acids is 1. The minimum Gasteiger partial charge on any atom is -0.507 e. The Balaban J connectivity index is 2.00. The van der Waals surface area contributed by atoms with Gasteiger partial charge in [0.15, 0.2) is 5.76 Å². The van der Waals surface area contributed by atoms with Gasteiger partial charge in [-0.1, -0.05) is 0 Å². The molecule has 1 aromatic rings. The Morgan fingerprint density at radius 3 is 2.65 bits per heavy atom. The number of allylic oxidation sites excluding steroid dienone is 2. The van der Waals surface area contributed by atoms with Crippen molar-refractivity contribution >= 4 is 5.78 Å². The molecule has 1 N–H and O–H groups in total. The first-order chi connectivity index (χ1) is 9.58. The van der Waals surface area contributed by atoms with E-state index in [4.69, 9.17) is 4.74 Å². The van der Waals surface area contributed by atoms with Crippen molar-refractivity contribution in [3.05, 3.63) is 34.6 Å². The molecule has 4 heteroatoms. The largest absolute Gasteiger partial charge is 0.507 e. The molecule has 0 amide bonds. The number of ketones is 1. The molecule has 1 aromatic carbocycles. The number of phenols is 1. The van der Waals surface area contributed by atoms with Gasteiger partial charge in [-0.3, -0.25) is 9.69 Å². The number of carbonyl (C=O) groups is 1. The molecule has 0 radical (unpaired) electrons. The van der Waals surface area contributed by atoms with E-state index in [1.807, 2.05) is 13.8 Å². The van der Waals surface area contributed by atoms with E-state index in [9.17, 15) is 9.90 Å². The fourth-order valence-corrected chi connectivity index (χ4v) is 2.83. The summed E-state index contributed by atoms with van der Waals surface area (Å²) in [5.41, 5.74) is 2.15. The molecule has 0 bridgehead atoms. The summed E-state index contributed by atoms with van der Waals surface area (Å²) in [7, 11) is 0. The standard InChI is InChI=1S/C16H19NO3/c1-10(2)15-14(19)11-5-6-13(18)12(16(11)20-15)9-17-7-3-4-8-17/h5-6,18H,3-4,7-9H2,1-2H3. The third-order valence-corrected chi connectivity index (χ3v) is 3.93. The Morgan fingerprint density at radius 1 is 1.30 bits per heavy atom. The molecular formula is C16H19NO3. The number of Topliss-reactive ketones (excluding diaryl/α,β-unsaturated/α-hetero) is 1. The van der Waals surface area contributed by atoms with Crippen LogP contribution in [0, 0.1) is 0 Å². The fraction of sp³-hybridized carbons (Fsp3) is 0.438. The maximum Gasteiger partial charge on any atom is 0.231 e. The Hall–Kier alpha value is -1.81. The van der Waals surface area contributed by atoms with Crippen LogP contribution in [0.2, 0.25) is 0 Å². The van der Waals surface area contributed by atoms with Crippen LogP contribution in [0.25, 0.3) is 0 Å². The third kappa shape index (κ3) is 2.10. The highest BCUT2D eigenvalue weighted by Crippen LogP contribution is 2.40. The monoisotopic (exact) mass is 273 g/mol. The number of likely N-dealkylation sites (tertiary alicyclic amines) is 1. The summed E-state index contributed by atoms with van der Waals surface area (Å²) in [6.45, 7) is 6.43. The maximum absolute atomic E-state index is 12.3. The van der Waals surface area contributed by atoms with Crippen LogP contribution in [0.5, 0.6) is 11.5 Å². The van der Waals surface area contributed by atoms with E-state index < -0.39 is 0 Å². The first-order valence-electron chi connectivity index (χ1n) is 7.05. The van der Waals surface area contributed by atoms with Crippen molar-refractivity contribution in [1.82, 2.24) is 4.90 Å². The van der Waals surface area contributed by atoms with Gasteiger partial charge in [-0.15, -0.1) is 0 Å². The summed E-state index contributed by atoms with van der Waals surface area (Å²) in [5, 5.41) is 10.1. The highest BCUT2D eigenvalue weighted by atomic mass is 16.5. The Bertz CT molecular complexity index is 594. The summed E-state index contributed by atoms with van der Waals surface area (Å²) in [6.07, 6.45) is 2.38. The van der Waals surface area contributed by atoms with E-state index in [-0.39, 0.29) is 11.5 Å². The number of rotatable bonds is 2. The molecule has 106 valence electrons. The van der Waals surface area contributed by atoms with E-state index in [1.54, 1.807) is 12.1 Å². The lowest BCUT2D eigenvalue weighted by Crippen LogP contribution is -2.18. The molecule has 0 aromatic heterocycles. The Morgan fingerprint density at radius 2 is 2.00 bits per heavy atom. The summed E-state index contributed by atoms with van der Waals surface area (Å²) < 4.78 is 5.75. The molecule has 2 heterocycles. The predicted octanol–water partition coefficient (Wildman–Crippen LogP) is 2.86. The molecule has 3 rings (SSSR count). The van der Waals surface area contributed by atoms with Crippen LogP contribution in [0.1, 0.15) is 42.6 Å². The molecular weight excluding hydrogens is 254 g/mol. The van der Waals surface area contributed by atoms with E-state index in [1.165, 1.54) is 12.8 Å². The number of aromatic hydroxyl groups is 1. The van der Waals surface area contributed by atoms with Crippen molar-refractivity contribution in [2.75, 3.05) is 13.1 Å². The zero-order chi connectivity index (χ0) is 14.3. The Labute approximate surface area is 118 Å². The molecule has 2 aliphatic rings. The van der Waals surface area contributed by atoms with Gasteiger partial charge in [0.2, 0.25) is 5.78 Å². The summed E-state index contributed by atoms with van der Waals surface area (Å²) in [6, 6.07) is 3.25. The molecule has 0 aliphatic carbocycles. The number of phenolic OH excluding ortho intramolecular Hbond substituents is 1. The van der Waals surface area contributed by atoms with Crippen molar-refractivity contribution in [3.8, 4) is 11.5 Å². The van der Waals surface area contributed by atoms with Crippen molar-refractivity contribution in [3.63, 3.8) is 0 Å². The van der Waals surface area contributed by atoms with Gasteiger partial charge in [0.05, 0.1) is 11.1 Å². The number of benzene rings is 1. The number of hydrogen-bond donors (Lipinski definition) is 1. The third-order valence-electron chi connectivity index (χ3n) is 3.93. The zero-order valence-corrected chi connectivity index (χ0v) is 11.9. The summed E-state index contributed by atoms with van der Waals surface area (Å²) in [5.74, 6) is 1.06. The minimum atomic E-state index is -0.0809. The van der Waals surface area contributed by atoms with Crippen molar-refractivity contribution in [1.29, 1.82) is 0 Å².